The number of amides is 1. The fraction of sp³-hybridized carbons (Fsp3) is 0.865. The molecule has 0 spiro atoms. The van der Waals surface area contributed by atoms with Crippen molar-refractivity contribution in [2.45, 2.75) is 274 Å². The van der Waals surface area contributed by atoms with Gasteiger partial charge in [0, 0.05) is 0 Å². The third kappa shape index (κ3) is 31.0. The SMILES string of the molecule is CCCCCCCCC/C=C\CCCCCCC(O)C(=O)NC(COC1OC(CO)C(O)C(O)C1O)C(O)C(O)CCC/C=C/CC/C=C/CCCCCCCCCCCCCC. The normalized spacial score (nSPS) is 21.4. The Bertz CT molecular complexity index is 1120. The van der Waals surface area contributed by atoms with Crippen LogP contribution in [0.1, 0.15) is 219 Å². The van der Waals surface area contributed by atoms with Crippen molar-refractivity contribution < 1.29 is 50.0 Å². The number of nitrogens with one attached hydrogen (secondary N) is 1. The van der Waals surface area contributed by atoms with Gasteiger partial charge in [0.05, 0.1) is 25.4 Å². The molecule has 11 nitrogen and oxygen atoms in total. The third-order valence-corrected chi connectivity index (χ3v) is 12.4. The van der Waals surface area contributed by atoms with Crippen molar-refractivity contribution in [3.05, 3.63) is 36.5 Å². The summed E-state index contributed by atoms with van der Waals surface area (Å²) in [5, 5.41) is 75.8. The second kappa shape index (κ2) is 41.7. The van der Waals surface area contributed by atoms with Gasteiger partial charge in [0.25, 0.3) is 0 Å². The molecule has 1 amide bonds. The number of rotatable bonds is 43. The van der Waals surface area contributed by atoms with Crippen molar-refractivity contribution in [3.8, 4) is 0 Å². The van der Waals surface area contributed by atoms with Crippen LogP contribution in [-0.4, -0.2) is 110 Å². The summed E-state index contributed by atoms with van der Waals surface area (Å²) in [5.74, 6) is -0.719. The van der Waals surface area contributed by atoms with Crippen molar-refractivity contribution in [3.63, 3.8) is 0 Å². The zero-order valence-corrected chi connectivity index (χ0v) is 40.1. The van der Waals surface area contributed by atoms with Crippen LogP contribution in [0.25, 0.3) is 0 Å². The lowest BCUT2D eigenvalue weighted by molar-refractivity contribution is -0.303. The van der Waals surface area contributed by atoms with E-state index in [0.29, 0.717) is 19.3 Å². The number of hydrogen-bond acceptors (Lipinski definition) is 10. The van der Waals surface area contributed by atoms with Gasteiger partial charge >= 0.3 is 0 Å². The molecular weight excluding hydrogens is 799 g/mol. The largest absolute Gasteiger partial charge is 0.394 e. The number of hydrogen-bond donors (Lipinski definition) is 8. The Kier molecular flexibility index (Phi) is 39.3. The van der Waals surface area contributed by atoms with Crippen molar-refractivity contribution in [2.24, 2.45) is 0 Å². The van der Waals surface area contributed by atoms with Crippen LogP contribution in [-0.2, 0) is 14.3 Å². The zero-order valence-electron chi connectivity index (χ0n) is 40.1. The molecular formula is C52H97NO10. The highest BCUT2D eigenvalue weighted by atomic mass is 16.7. The molecule has 1 saturated heterocycles. The van der Waals surface area contributed by atoms with E-state index in [1.54, 1.807) is 0 Å². The first-order valence-electron chi connectivity index (χ1n) is 25.9. The van der Waals surface area contributed by atoms with Crippen molar-refractivity contribution in [1.82, 2.24) is 5.32 Å². The average molecular weight is 896 g/mol. The Hall–Kier alpha value is -1.67. The molecule has 1 aliphatic rings. The maximum absolute atomic E-state index is 13.1. The fourth-order valence-electron chi connectivity index (χ4n) is 8.10. The maximum atomic E-state index is 13.1. The lowest BCUT2D eigenvalue weighted by Crippen LogP contribution is -2.60. The summed E-state index contributed by atoms with van der Waals surface area (Å²) in [7, 11) is 0. The van der Waals surface area contributed by atoms with Crippen LogP contribution in [0.15, 0.2) is 36.5 Å². The average Bonchev–Trinajstić information content (AvgIpc) is 3.28. The van der Waals surface area contributed by atoms with Crippen LogP contribution in [0, 0.1) is 0 Å². The fourth-order valence-corrected chi connectivity index (χ4v) is 8.10. The second-order valence-corrected chi connectivity index (χ2v) is 18.2. The van der Waals surface area contributed by atoms with E-state index in [1.807, 2.05) is 0 Å². The summed E-state index contributed by atoms with van der Waals surface area (Å²) in [4.78, 5) is 13.1. The summed E-state index contributed by atoms with van der Waals surface area (Å²) in [6, 6.07) is -1.19. The molecule has 370 valence electrons. The number of unbranched alkanes of at least 4 members (excludes halogenated alkanes) is 25. The summed E-state index contributed by atoms with van der Waals surface area (Å²) in [6.07, 6.45) is 37.7. The van der Waals surface area contributed by atoms with E-state index < -0.39 is 74.2 Å². The topological polar surface area (TPSA) is 189 Å². The molecule has 0 saturated carbocycles. The Labute approximate surface area is 384 Å². The van der Waals surface area contributed by atoms with Gasteiger partial charge in [-0.3, -0.25) is 4.79 Å². The molecule has 8 N–H and O–H groups in total. The minimum Gasteiger partial charge on any atom is -0.394 e. The molecule has 0 aromatic rings. The molecule has 9 atom stereocenters. The number of ether oxygens (including phenoxy) is 2. The monoisotopic (exact) mass is 896 g/mol. The molecule has 1 heterocycles. The summed E-state index contributed by atoms with van der Waals surface area (Å²) < 4.78 is 11.1. The molecule has 11 heteroatoms. The van der Waals surface area contributed by atoms with Crippen LogP contribution in [0.4, 0.5) is 0 Å². The predicted molar refractivity (Wildman–Crippen MR) is 256 cm³/mol. The summed E-state index contributed by atoms with van der Waals surface area (Å²) >= 11 is 0. The predicted octanol–water partition coefficient (Wildman–Crippen LogP) is 9.56. The molecule has 63 heavy (non-hydrogen) atoms. The number of aliphatic hydroxyl groups is 7. The van der Waals surface area contributed by atoms with Gasteiger partial charge < -0.3 is 50.5 Å². The van der Waals surface area contributed by atoms with Gasteiger partial charge in [-0.15, -0.1) is 0 Å². The van der Waals surface area contributed by atoms with Crippen LogP contribution < -0.4 is 5.32 Å². The van der Waals surface area contributed by atoms with E-state index >= 15 is 0 Å². The minimum absolute atomic E-state index is 0.237. The van der Waals surface area contributed by atoms with E-state index in [9.17, 15) is 40.5 Å². The van der Waals surface area contributed by atoms with Gasteiger partial charge in [-0.25, -0.2) is 0 Å². The van der Waals surface area contributed by atoms with E-state index in [4.69, 9.17) is 9.47 Å². The Balaban J connectivity index is 2.43. The first kappa shape index (κ1) is 59.3. The highest BCUT2D eigenvalue weighted by Crippen LogP contribution is 2.23. The first-order chi connectivity index (χ1) is 30.7. The summed E-state index contributed by atoms with van der Waals surface area (Å²) in [6.45, 7) is 3.42. The van der Waals surface area contributed by atoms with Gasteiger partial charge in [0.15, 0.2) is 6.29 Å². The molecule has 0 aromatic carbocycles. The van der Waals surface area contributed by atoms with Gasteiger partial charge in [-0.05, 0) is 77.0 Å². The molecule has 9 unspecified atom stereocenters. The van der Waals surface area contributed by atoms with Gasteiger partial charge in [0.1, 0.15) is 36.6 Å². The van der Waals surface area contributed by atoms with E-state index in [2.05, 4.69) is 55.6 Å². The molecule has 1 aliphatic heterocycles. The number of aliphatic hydroxyl groups excluding tert-OH is 7. The lowest BCUT2D eigenvalue weighted by Gasteiger charge is -2.40. The molecule has 0 radical (unpaired) electrons. The standard InChI is InChI=1S/C52H97NO10/c1-3-5-7-9-11-13-15-17-19-20-21-22-23-24-26-27-29-31-33-35-37-39-44(55)47(57)43(42-62-52-50(60)49(59)48(58)46(41-54)63-52)53-51(61)45(56)40-38-36-34-32-30-28-25-18-16-14-12-10-8-6-4-2/h24-26,28,31,33,43-50,52,54-60H,3-23,27,29-30,32,34-42H2,1-2H3,(H,53,61)/b26-24+,28-25-,33-31+. The smallest absolute Gasteiger partial charge is 0.249 e. The van der Waals surface area contributed by atoms with E-state index in [-0.39, 0.29) is 12.8 Å². The zero-order chi connectivity index (χ0) is 46.2. The second-order valence-electron chi connectivity index (χ2n) is 18.2. The number of carbonyl (C=O) groups excluding carboxylic acids is 1. The van der Waals surface area contributed by atoms with Gasteiger partial charge in [0.2, 0.25) is 5.91 Å². The molecule has 0 aromatic heterocycles. The van der Waals surface area contributed by atoms with E-state index in [1.165, 1.54) is 122 Å². The summed E-state index contributed by atoms with van der Waals surface area (Å²) in [5.41, 5.74) is 0. The van der Waals surface area contributed by atoms with Crippen LogP contribution in [0.3, 0.4) is 0 Å². The van der Waals surface area contributed by atoms with Crippen molar-refractivity contribution in [2.75, 3.05) is 13.2 Å². The van der Waals surface area contributed by atoms with E-state index in [0.717, 1.165) is 51.4 Å². The van der Waals surface area contributed by atoms with Crippen molar-refractivity contribution in [1.29, 1.82) is 0 Å². The first-order valence-corrected chi connectivity index (χ1v) is 25.9. The minimum atomic E-state index is -1.67. The Morgan fingerprint density at radius 1 is 0.540 bits per heavy atom. The molecule has 0 bridgehead atoms. The number of carbonyl (C=O) groups is 1. The molecule has 0 aliphatic carbocycles. The maximum Gasteiger partial charge on any atom is 0.249 e. The quantitative estimate of drug-likeness (QED) is 0.0216. The van der Waals surface area contributed by atoms with Gasteiger partial charge in [-0.1, -0.05) is 179 Å². The van der Waals surface area contributed by atoms with Gasteiger partial charge in [-0.2, -0.15) is 0 Å². The molecule has 1 rings (SSSR count). The third-order valence-electron chi connectivity index (χ3n) is 12.4. The van der Waals surface area contributed by atoms with Crippen molar-refractivity contribution >= 4 is 5.91 Å². The molecule has 1 fully saturated rings. The number of allylic oxidation sites excluding steroid dienone is 6. The highest BCUT2D eigenvalue weighted by Gasteiger charge is 2.44. The van der Waals surface area contributed by atoms with Crippen LogP contribution in [0.2, 0.25) is 0 Å². The lowest BCUT2D eigenvalue weighted by atomic mass is 9.98. The Morgan fingerprint density at radius 2 is 0.952 bits per heavy atom. The Morgan fingerprint density at radius 3 is 1.41 bits per heavy atom. The van der Waals surface area contributed by atoms with Crippen LogP contribution >= 0.6 is 0 Å². The van der Waals surface area contributed by atoms with Crippen LogP contribution in [0.5, 0.6) is 0 Å². The highest BCUT2D eigenvalue weighted by molar-refractivity contribution is 5.80.